The number of benzene rings is 2. The van der Waals surface area contributed by atoms with Gasteiger partial charge in [0.1, 0.15) is 6.61 Å². The van der Waals surface area contributed by atoms with E-state index in [-0.39, 0.29) is 22.8 Å². The molecule has 0 radical (unpaired) electrons. The normalized spacial score (nSPS) is 11.5. The second-order valence-corrected chi connectivity index (χ2v) is 8.12. The molecule has 0 aromatic heterocycles. The Hall–Kier alpha value is -2.14. The van der Waals surface area contributed by atoms with E-state index < -0.39 is 15.8 Å². The zero-order chi connectivity index (χ0) is 17.7. The molecule has 5 heteroatoms. The Labute approximate surface area is 143 Å². The molecule has 0 atom stereocenters. The fraction of sp³-hybridized carbons (Fsp3) is 0.316. The topological polar surface area (TPSA) is 60.4 Å². The molecule has 2 aromatic rings. The number of rotatable bonds is 6. The van der Waals surface area contributed by atoms with E-state index in [0.717, 1.165) is 5.56 Å². The molecule has 128 valence electrons. The summed E-state index contributed by atoms with van der Waals surface area (Å²) in [5, 5.41) is 0. The van der Waals surface area contributed by atoms with Crippen LogP contribution in [0, 0.1) is 0 Å². The highest BCUT2D eigenvalue weighted by Crippen LogP contribution is 2.19. The molecular weight excluding hydrogens is 324 g/mol. The van der Waals surface area contributed by atoms with E-state index in [9.17, 15) is 13.2 Å². The minimum absolute atomic E-state index is 0.0210. The van der Waals surface area contributed by atoms with Crippen molar-refractivity contribution in [1.82, 2.24) is 0 Å². The van der Waals surface area contributed by atoms with Crippen LogP contribution >= 0.6 is 0 Å². The first kappa shape index (κ1) is 18.2. The van der Waals surface area contributed by atoms with Crippen LogP contribution < -0.4 is 0 Å². The van der Waals surface area contributed by atoms with Crippen molar-refractivity contribution in [2.75, 3.05) is 5.75 Å². The first-order valence-electron chi connectivity index (χ1n) is 7.93. The van der Waals surface area contributed by atoms with Crippen LogP contribution in [-0.4, -0.2) is 20.1 Å². The summed E-state index contributed by atoms with van der Waals surface area (Å²) in [6, 6.07) is 14.0. The number of hydrogen-bond donors (Lipinski definition) is 0. The van der Waals surface area contributed by atoms with Gasteiger partial charge in [-0.1, -0.05) is 57.2 Å². The van der Waals surface area contributed by atoms with Gasteiger partial charge in [-0.2, -0.15) is 0 Å². The van der Waals surface area contributed by atoms with Gasteiger partial charge in [0.25, 0.3) is 0 Å². The predicted molar refractivity (Wildman–Crippen MR) is 93.8 cm³/mol. The number of esters is 1. The molecule has 0 fully saturated rings. The van der Waals surface area contributed by atoms with Crippen molar-refractivity contribution in [2.45, 2.75) is 38.2 Å². The minimum Gasteiger partial charge on any atom is -0.457 e. The predicted octanol–water partition coefficient (Wildman–Crippen LogP) is 3.96. The lowest BCUT2D eigenvalue weighted by Gasteiger charge is -2.10. The van der Waals surface area contributed by atoms with Crippen molar-refractivity contribution in [3.8, 4) is 0 Å². The van der Waals surface area contributed by atoms with E-state index in [1.807, 2.05) is 24.3 Å². The molecule has 2 rings (SSSR count). The summed E-state index contributed by atoms with van der Waals surface area (Å²) >= 11 is 0. The van der Waals surface area contributed by atoms with Crippen molar-refractivity contribution in [2.24, 2.45) is 0 Å². The number of ether oxygens (including phenoxy) is 1. The molecule has 0 aliphatic rings. The van der Waals surface area contributed by atoms with Gasteiger partial charge in [0.15, 0.2) is 9.84 Å². The maximum Gasteiger partial charge on any atom is 0.339 e. The monoisotopic (exact) mass is 346 g/mol. The highest BCUT2D eigenvalue weighted by atomic mass is 32.2. The second kappa shape index (κ2) is 7.62. The quantitative estimate of drug-likeness (QED) is 0.743. The lowest BCUT2D eigenvalue weighted by Crippen LogP contribution is -2.13. The standard InChI is InChI=1S/C19H22O4S/c1-4-24(21,22)18-8-6-5-7-17(18)19(20)23-13-15-9-11-16(12-10-15)14(2)3/h5-12,14H,4,13H2,1-3H3. The smallest absolute Gasteiger partial charge is 0.339 e. The summed E-state index contributed by atoms with van der Waals surface area (Å²) in [7, 11) is -3.47. The molecule has 0 heterocycles. The summed E-state index contributed by atoms with van der Waals surface area (Å²) in [5.41, 5.74) is 2.16. The van der Waals surface area contributed by atoms with Crippen LogP contribution in [0.1, 0.15) is 48.2 Å². The Kier molecular flexibility index (Phi) is 5.78. The highest BCUT2D eigenvalue weighted by molar-refractivity contribution is 7.91. The van der Waals surface area contributed by atoms with Gasteiger partial charge < -0.3 is 4.74 Å². The van der Waals surface area contributed by atoms with E-state index >= 15 is 0 Å². The Bertz CT molecular complexity index is 806. The highest BCUT2D eigenvalue weighted by Gasteiger charge is 2.21. The second-order valence-electron chi connectivity index (χ2n) is 5.87. The Morgan fingerprint density at radius 3 is 2.25 bits per heavy atom. The van der Waals surface area contributed by atoms with Crippen LogP contribution in [0.4, 0.5) is 0 Å². The Morgan fingerprint density at radius 1 is 1.04 bits per heavy atom. The summed E-state index contributed by atoms with van der Waals surface area (Å²) in [4.78, 5) is 12.3. The molecule has 0 unspecified atom stereocenters. The van der Waals surface area contributed by atoms with Crippen LogP contribution in [0.2, 0.25) is 0 Å². The van der Waals surface area contributed by atoms with Crippen LogP contribution in [-0.2, 0) is 21.2 Å². The van der Waals surface area contributed by atoms with Gasteiger partial charge in [-0.05, 0) is 29.2 Å². The number of hydrogen-bond acceptors (Lipinski definition) is 4. The van der Waals surface area contributed by atoms with Gasteiger partial charge in [0.05, 0.1) is 16.2 Å². The van der Waals surface area contributed by atoms with E-state index in [1.54, 1.807) is 19.1 Å². The molecule has 0 aliphatic heterocycles. The van der Waals surface area contributed by atoms with Crippen molar-refractivity contribution in [3.63, 3.8) is 0 Å². The summed E-state index contributed by atoms with van der Waals surface area (Å²) < 4.78 is 29.5. The van der Waals surface area contributed by atoms with E-state index in [4.69, 9.17) is 4.74 Å². The largest absolute Gasteiger partial charge is 0.457 e. The number of carbonyl (C=O) groups is 1. The zero-order valence-electron chi connectivity index (χ0n) is 14.2. The number of carbonyl (C=O) groups excluding carboxylic acids is 1. The van der Waals surface area contributed by atoms with Gasteiger partial charge in [0.2, 0.25) is 0 Å². The van der Waals surface area contributed by atoms with Crippen LogP contribution in [0.25, 0.3) is 0 Å². The molecule has 2 aromatic carbocycles. The van der Waals surface area contributed by atoms with Gasteiger partial charge in [-0.15, -0.1) is 0 Å². The van der Waals surface area contributed by atoms with Crippen LogP contribution in [0.5, 0.6) is 0 Å². The summed E-state index contributed by atoms with van der Waals surface area (Å²) in [5.74, 6) is -0.253. The molecule has 0 N–H and O–H groups in total. The van der Waals surface area contributed by atoms with Gasteiger partial charge in [0, 0.05) is 0 Å². The minimum atomic E-state index is -3.47. The van der Waals surface area contributed by atoms with Crippen molar-refractivity contribution in [1.29, 1.82) is 0 Å². The average Bonchev–Trinajstić information content (AvgIpc) is 2.60. The molecular formula is C19H22O4S. The molecule has 0 saturated heterocycles. The fourth-order valence-corrected chi connectivity index (χ4v) is 3.37. The van der Waals surface area contributed by atoms with Gasteiger partial charge in [-0.25, -0.2) is 13.2 Å². The third kappa shape index (κ3) is 4.23. The fourth-order valence-electron chi connectivity index (χ4n) is 2.29. The van der Waals surface area contributed by atoms with Gasteiger partial charge in [-0.3, -0.25) is 0 Å². The number of sulfone groups is 1. The summed E-state index contributed by atoms with van der Waals surface area (Å²) in [6.07, 6.45) is 0. The SMILES string of the molecule is CCS(=O)(=O)c1ccccc1C(=O)OCc1ccc(C(C)C)cc1. The van der Waals surface area contributed by atoms with Gasteiger partial charge >= 0.3 is 5.97 Å². The van der Waals surface area contributed by atoms with Crippen molar-refractivity contribution >= 4 is 15.8 Å². The molecule has 4 nitrogen and oxygen atoms in total. The molecule has 0 aliphatic carbocycles. The van der Waals surface area contributed by atoms with E-state index in [2.05, 4.69) is 13.8 Å². The molecule has 0 amide bonds. The average molecular weight is 346 g/mol. The van der Waals surface area contributed by atoms with E-state index in [1.165, 1.54) is 17.7 Å². The molecule has 24 heavy (non-hydrogen) atoms. The molecule has 0 saturated carbocycles. The van der Waals surface area contributed by atoms with Crippen molar-refractivity contribution in [3.05, 3.63) is 65.2 Å². The maximum absolute atomic E-state index is 12.3. The Morgan fingerprint density at radius 2 is 1.67 bits per heavy atom. The van der Waals surface area contributed by atoms with Crippen molar-refractivity contribution < 1.29 is 17.9 Å². The van der Waals surface area contributed by atoms with Crippen LogP contribution in [0.15, 0.2) is 53.4 Å². The first-order chi connectivity index (χ1) is 11.3. The third-order valence-corrected chi connectivity index (χ3v) is 5.62. The lowest BCUT2D eigenvalue weighted by molar-refractivity contribution is 0.0468. The maximum atomic E-state index is 12.3. The summed E-state index contributed by atoms with van der Waals surface area (Å²) in [6.45, 7) is 5.88. The molecule has 0 bridgehead atoms. The Balaban J connectivity index is 2.14. The first-order valence-corrected chi connectivity index (χ1v) is 9.58. The van der Waals surface area contributed by atoms with E-state index in [0.29, 0.717) is 5.92 Å². The molecule has 0 spiro atoms. The van der Waals surface area contributed by atoms with Crippen LogP contribution in [0.3, 0.4) is 0 Å². The zero-order valence-corrected chi connectivity index (χ0v) is 15.0. The third-order valence-electron chi connectivity index (χ3n) is 3.84. The lowest BCUT2D eigenvalue weighted by atomic mass is 10.0.